The number of para-hydroxylation sites is 1. The minimum atomic E-state index is 0.503. The third kappa shape index (κ3) is 4.14. The van der Waals surface area contributed by atoms with Crippen LogP contribution in [0.3, 0.4) is 0 Å². The van der Waals surface area contributed by atoms with Crippen molar-refractivity contribution in [3.05, 3.63) is 28.2 Å². The highest BCUT2D eigenvalue weighted by atomic mass is 35.5. The highest BCUT2D eigenvalue weighted by Gasteiger charge is 2.07. The molecule has 0 saturated carbocycles. The molecule has 19 heavy (non-hydrogen) atoms. The van der Waals surface area contributed by atoms with Crippen molar-refractivity contribution in [2.45, 2.75) is 4.34 Å². The Kier molecular flexibility index (Phi) is 5.57. The lowest BCUT2D eigenvalue weighted by Crippen LogP contribution is -2.01. The molecular formula is C11H11Cl2N3OS2. The van der Waals surface area contributed by atoms with E-state index in [4.69, 9.17) is 27.9 Å². The number of anilines is 1. The second-order valence-electron chi connectivity index (χ2n) is 3.37. The monoisotopic (exact) mass is 335 g/mol. The van der Waals surface area contributed by atoms with Gasteiger partial charge < -0.3 is 10.1 Å². The number of hydrogen-bond donors (Lipinski definition) is 1. The molecule has 4 nitrogen and oxygen atoms in total. The van der Waals surface area contributed by atoms with Gasteiger partial charge in [0.05, 0.1) is 16.7 Å². The number of benzene rings is 1. The molecule has 0 bridgehead atoms. The first kappa shape index (κ1) is 14.7. The Bertz CT molecular complexity index is 530. The third-order valence-corrected chi connectivity index (χ3v) is 4.73. The van der Waals surface area contributed by atoms with E-state index in [9.17, 15) is 0 Å². The van der Waals surface area contributed by atoms with E-state index < -0.39 is 0 Å². The summed E-state index contributed by atoms with van der Waals surface area (Å²) in [5.41, 5.74) is 0. The second kappa shape index (κ2) is 7.19. The van der Waals surface area contributed by atoms with Crippen LogP contribution >= 0.6 is 46.3 Å². The van der Waals surface area contributed by atoms with Crippen molar-refractivity contribution in [1.29, 1.82) is 0 Å². The summed E-state index contributed by atoms with van der Waals surface area (Å²) < 4.78 is 6.48. The lowest BCUT2D eigenvalue weighted by molar-refractivity contribution is 0.344. The van der Waals surface area contributed by atoms with Gasteiger partial charge in [-0.05, 0) is 12.1 Å². The van der Waals surface area contributed by atoms with Crippen LogP contribution in [-0.2, 0) is 0 Å². The van der Waals surface area contributed by atoms with Crippen LogP contribution in [0.2, 0.25) is 10.0 Å². The van der Waals surface area contributed by atoms with E-state index in [1.807, 2.05) is 7.05 Å². The van der Waals surface area contributed by atoms with E-state index in [2.05, 4.69) is 15.5 Å². The summed E-state index contributed by atoms with van der Waals surface area (Å²) in [6.45, 7) is 0.503. The van der Waals surface area contributed by atoms with Gasteiger partial charge in [0.1, 0.15) is 0 Å². The topological polar surface area (TPSA) is 47.0 Å². The average Bonchev–Trinajstić information content (AvgIpc) is 2.85. The summed E-state index contributed by atoms with van der Waals surface area (Å²) in [4.78, 5) is 0. The van der Waals surface area contributed by atoms with Crippen LogP contribution in [0.5, 0.6) is 5.75 Å². The maximum atomic E-state index is 6.00. The first-order valence-electron chi connectivity index (χ1n) is 5.41. The molecule has 0 aliphatic carbocycles. The molecule has 0 atom stereocenters. The normalized spacial score (nSPS) is 10.5. The van der Waals surface area contributed by atoms with Crippen LogP contribution in [0.1, 0.15) is 0 Å². The van der Waals surface area contributed by atoms with Crippen LogP contribution in [0.4, 0.5) is 5.13 Å². The molecule has 1 N–H and O–H groups in total. The molecule has 1 heterocycles. The Morgan fingerprint density at radius 1 is 1.32 bits per heavy atom. The van der Waals surface area contributed by atoms with E-state index >= 15 is 0 Å². The summed E-state index contributed by atoms with van der Waals surface area (Å²) >= 11 is 15.1. The molecule has 0 fully saturated rings. The fraction of sp³-hybridized carbons (Fsp3) is 0.273. The number of rotatable bonds is 6. The van der Waals surface area contributed by atoms with Crippen molar-refractivity contribution >= 4 is 51.4 Å². The van der Waals surface area contributed by atoms with Crippen LogP contribution < -0.4 is 10.1 Å². The fourth-order valence-electron chi connectivity index (χ4n) is 1.26. The number of hydrogen-bond acceptors (Lipinski definition) is 6. The molecule has 2 aromatic rings. The van der Waals surface area contributed by atoms with Gasteiger partial charge in [-0.1, -0.05) is 52.4 Å². The minimum absolute atomic E-state index is 0.503. The molecule has 0 aliphatic heterocycles. The molecule has 1 aromatic heterocycles. The SMILES string of the molecule is CNc1nnc(SCCOc2c(Cl)cccc2Cl)s1. The number of halogens is 2. The molecule has 0 saturated heterocycles. The Morgan fingerprint density at radius 2 is 2.05 bits per heavy atom. The van der Waals surface area contributed by atoms with Gasteiger partial charge in [0, 0.05) is 12.8 Å². The van der Waals surface area contributed by atoms with E-state index in [-0.39, 0.29) is 0 Å². The van der Waals surface area contributed by atoms with Crippen molar-refractivity contribution in [3.8, 4) is 5.75 Å². The van der Waals surface area contributed by atoms with E-state index in [0.717, 1.165) is 15.2 Å². The van der Waals surface area contributed by atoms with E-state index in [1.54, 1.807) is 30.0 Å². The average molecular weight is 336 g/mol. The van der Waals surface area contributed by atoms with Gasteiger partial charge in [0.2, 0.25) is 5.13 Å². The number of nitrogens with one attached hydrogen (secondary N) is 1. The highest BCUT2D eigenvalue weighted by Crippen LogP contribution is 2.32. The van der Waals surface area contributed by atoms with Gasteiger partial charge in [-0.2, -0.15) is 0 Å². The molecule has 0 radical (unpaired) electrons. The third-order valence-electron chi connectivity index (χ3n) is 2.09. The molecule has 0 amide bonds. The zero-order valence-corrected chi connectivity index (χ0v) is 13.2. The zero-order chi connectivity index (χ0) is 13.7. The lowest BCUT2D eigenvalue weighted by Gasteiger charge is -2.08. The van der Waals surface area contributed by atoms with Crippen LogP contribution in [0.25, 0.3) is 0 Å². The number of nitrogens with zero attached hydrogens (tertiary/aromatic N) is 2. The number of aromatic nitrogens is 2. The molecule has 0 spiro atoms. The molecule has 8 heteroatoms. The zero-order valence-electron chi connectivity index (χ0n) is 10.0. The van der Waals surface area contributed by atoms with Gasteiger partial charge in [-0.25, -0.2) is 0 Å². The van der Waals surface area contributed by atoms with Crippen molar-refractivity contribution in [3.63, 3.8) is 0 Å². The van der Waals surface area contributed by atoms with Crippen molar-refractivity contribution in [2.75, 3.05) is 24.7 Å². The van der Waals surface area contributed by atoms with Crippen LogP contribution in [-0.4, -0.2) is 29.6 Å². The Hall–Kier alpha value is -0.690. The molecular weight excluding hydrogens is 325 g/mol. The predicted molar refractivity (Wildman–Crippen MR) is 82.1 cm³/mol. The summed E-state index contributed by atoms with van der Waals surface area (Å²) in [7, 11) is 1.82. The maximum Gasteiger partial charge on any atom is 0.206 e. The van der Waals surface area contributed by atoms with Gasteiger partial charge in [-0.15, -0.1) is 10.2 Å². The summed E-state index contributed by atoms with van der Waals surface area (Å²) in [6, 6.07) is 5.28. The van der Waals surface area contributed by atoms with Gasteiger partial charge in [0.15, 0.2) is 10.1 Å². The van der Waals surface area contributed by atoms with Gasteiger partial charge >= 0.3 is 0 Å². The molecule has 2 rings (SSSR count). The quantitative estimate of drug-likeness (QED) is 0.637. The summed E-state index contributed by atoms with van der Waals surface area (Å²) in [5, 5.41) is 12.8. The van der Waals surface area contributed by atoms with Crippen molar-refractivity contribution in [1.82, 2.24) is 10.2 Å². The first-order chi connectivity index (χ1) is 9.20. The predicted octanol–water partition coefficient (Wildman–Crippen LogP) is 4.06. The smallest absolute Gasteiger partial charge is 0.206 e. The maximum absolute atomic E-state index is 6.00. The fourth-order valence-corrected chi connectivity index (χ4v) is 3.36. The Balaban J connectivity index is 1.80. The molecule has 0 unspecified atom stereocenters. The first-order valence-corrected chi connectivity index (χ1v) is 7.97. The van der Waals surface area contributed by atoms with Crippen molar-refractivity contribution in [2.24, 2.45) is 0 Å². The van der Waals surface area contributed by atoms with E-state index in [0.29, 0.717) is 22.4 Å². The lowest BCUT2D eigenvalue weighted by atomic mass is 10.3. The number of ether oxygens (including phenoxy) is 1. The van der Waals surface area contributed by atoms with E-state index in [1.165, 1.54) is 11.3 Å². The van der Waals surface area contributed by atoms with Crippen LogP contribution in [0, 0.1) is 0 Å². The largest absolute Gasteiger partial charge is 0.490 e. The minimum Gasteiger partial charge on any atom is -0.490 e. The number of thioether (sulfide) groups is 1. The van der Waals surface area contributed by atoms with Gasteiger partial charge in [0.25, 0.3) is 0 Å². The van der Waals surface area contributed by atoms with Crippen molar-refractivity contribution < 1.29 is 4.74 Å². The summed E-state index contributed by atoms with van der Waals surface area (Å²) in [6.07, 6.45) is 0. The molecule has 1 aromatic carbocycles. The Labute approximate surface area is 129 Å². The highest BCUT2D eigenvalue weighted by molar-refractivity contribution is 8.01. The molecule has 102 valence electrons. The second-order valence-corrected chi connectivity index (χ2v) is 6.50. The Morgan fingerprint density at radius 3 is 2.68 bits per heavy atom. The summed E-state index contributed by atoms with van der Waals surface area (Å²) in [5.74, 6) is 1.28. The molecule has 0 aliphatic rings. The van der Waals surface area contributed by atoms with Gasteiger partial charge in [-0.3, -0.25) is 0 Å². The standard InChI is InChI=1S/C11H11Cl2N3OS2/c1-14-10-15-16-11(19-10)18-6-5-17-9-7(12)3-2-4-8(9)13/h2-4H,5-6H2,1H3,(H,14,15). The van der Waals surface area contributed by atoms with Crippen LogP contribution in [0.15, 0.2) is 22.5 Å².